The number of methoxy groups -OCH3 is 1. The molecule has 5 rings (SSSR count). The molecule has 0 aliphatic carbocycles. The molecule has 2 aromatic heterocycles. The van der Waals surface area contributed by atoms with Gasteiger partial charge in [-0.2, -0.15) is 0 Å². The van der Waals surface area contributed by atoms with E-state index in [1.54, 1.807) is 13.3 Å². The van der Waals surface area contributed by atoms with Crippen molar-refractivity contribution in [3.05, 3.63) is 102 Å². The van der Waals surface area contributed by atoms with Crippen LogP contribution >= 0.6 is 12.2 Å². The molecule has 1 aliphatic rings. The van der Waals surface area contributed by atoms with E-state index in [0.717, 1.165) is 34.0 Å². The van der Waals surface area contributed by atoms with Gasteiger partial charge in [0.15, 0.2) is 5.11 Å². The summed E-state index contributed by atoms with van der Waals surface area (Å²) in [6.45, 7) is 4.71. The van der Waals surface area contributed by atoms with Crippen LogP contribution in [-0.2, 0) is 4.79 Å². The maximum absolute atomic E-state index is 13.0. The highest BCUT2D eigenvalue weighted by Gasteiger charge is 2.41. The van der Waals surface area contributed by atoms with E-state index in [1.165, 1.54) is 0 Å². The summed E-state index contributed by atoms with van der Waals surface area (Å²) in [6, 6.07) is 23.8. The summed E-state index contributed by atoms with van der Waals surface area (Å²) in [5, 5.41) is 7.09. The Morgan fingerprint density at radius 1 is 1.07 bits per heavy atom. The number of nitrogens with one attached hydrogen (secondary N) is 2. The van der Waals surface area contributed by atoms with E-state index >= 15 is 0 Å². The van der Waals surface area contributed by atoms with Crippen LogP contribution in [0.4, 0.5) is 11.4 Å². The van der Waals surface area contributed by atoms with Crippen LogP contribution in [0.5, 0.6) is 5.75 Å². The average Bonchev–Trinajstić information content (AvgIpc) is 3.46. The Balaban J connectivity index is 1.46. The van der Waals surface area contributed by atoms with Crippen molar-refractivity contribution in [1.29, 1.82) is 0 Å². The third-order valence-corrected chi connectivity index (χ3v) is 7.92. The van der Waals surface area contributed by atoms with E-state index in [0.29, 0.717) is 23.1 Å². The molecule has 8 nitrogen and oxygen atoms in total. The number of anilines is 2. The van der Waals surface area contributed by atoms with Gasteiger partial charge in [-0.15, -0.1) is 0 Å². The summed E-state index contributed by atoms with van der Waals surface area (Å²) in [5.41, 5.74) is 7.20. The molecule has 1 aliphatic heterocycles. The zero-order valence-corrected chi connectivity index (χ0v) is 24.9. The Hall–Kier alpha value is -4.37. The fraction of sp³-hybridized carbons (Fsp3) is 0.281. The van der Waals surface area contributed by atoms with Crippen LogP contribution in [0.1, 0.15) is 41.1 Å². The number of rotatable bonds is 9. The van der Waals surface area contributed by atoms with Crippen molar-refractivity contribution < 1.29 is 9.53 Å². The van der Waals surface area contributed by atoms with Crippen LogP contribution in [0.15, 0.2) is 79.0 Å². The molecule has 212 valence electrons. The SMILES string of the molecule is COc1ccccc1NC(=O)CCN1C(=S)N[C@@H](c2ccccn2)[C@H]1c1cc(C)n(-c2ccc(N(C)C)cc2)c1C. The number of carbonyl (C=O) groups is 1. The van der Waals surface area contributed by atoms with Crippen LogP contribution in [-0.4, -0.2) is 53.2 Å². The number of para-hydroxylation sites is 2. The number of thiocarbonyl (C=S) groups is 1. The van der Waals surface area contributed by atoms with E-state index < -0.39 is 0 Å². The maximum Gasteiger partial charge on any atom is 0.226 e. The minimum absolute atomic E-state index is 0.108. The monoisotopic (exact) mass is 568 g/mol. The van der Waals surface area contributed by atoms with E-state index in [2.05, 4.69) is 74.2 Å². The van der Waals surface area contributed by atoms with Gasteiger partial charge < -0.3 is 29.7 Å². The molecule has 1 amide bonds. The molecular weight excluding hydrogens is 532 g/mol. The summed E-state index contributed by atoms with van der Waals surface area (Å²) in [7, 11) is 5.67. The van der Waals surface area contributed by atoms with Crippen LogP contribution in [0.3, 0.4) is 0 Å². The van der Waals surface area contributed by atoms with Crippen molar-refractivity contribution in [2.45, 2.75) is 32.4 Å². The van der Waals surface area contributed by atoms with Crippen molar-refractivity contribution in [2.24, 2.45) is 0 Å². The van der Waals surface area contributed by atoms with Crippen molar-refractivity contribution in [1.82, 2.24) is 19.8 Å². The lowest BCUT2D eigenvalue weighted by Crippen LogP contribution is -2.33. The lowest BCUT2D eigenvalue weighted by Gasteiger charge is -2.28. The normalized spacial score (nSPS) is 16.4. The quantitative estimate of drug-likeness (QED) is 0.256. The van der Waals surface area contributed by atoms with Crippen LogP contribution < -0.4 is 20.3 Å². The number of hydrogen-bond acceptors (Lipinski definition) is 5. The van der Waals surface area contributed by atoms with E-state index in [1.807, 2.05) is 56.6 Å². The molecule has 0 radical (unpaired) electrons. The number of carbonyl (C=O) groups excluding carboxylic acids is 1. The van der Waals surface area contributed by atoms with Crippen molar-refractivity contribution in [2.75, 3.05) is 38.0 Å². The summed E-state index contributed by atoms with van der Waals surface area (Å²) >= 11 is 5.85. The summed E-state index contributed by atoms with van der Waals surface area (Å²) < 4.78 is 7.67. The molecule has 2 N–H and O–H groups in total. The Labute approximate surface area is 247 Å². The zero-order chi connectivity index (χ0) is 29.1. The molecule has 41 heavy (non-hydrogen) atoms. The topological polar surface area (TPSA) is 74.7 Å². The molecule has 1 fully saturated rings. The average molecular weight is 569 g/mol. The molecule has 3 heterocycles. The second kappa shape index (κ2) is 12.0. The van der Waals surface area contributed by atoms with Gasteiger partial charge >= 0.3 is 0 Å². The molecule has 4 aromatic rings. The van der Waals surface area contributed by atoms with Crippen LogP contribution in [0.25, 0.3) is 5.69 Å². The molecular formula is C32H36N6O2S. The number of ether oxygens (including phenoxy) is 1. The number of benzene rings is 2. The van der Waals surface area contributed by atoms with Crippen molar-refractivity contribution in [3.8, 4) is 11.4 Å². The lowest BCUT2D eigenvalue weighted by atomic mass is 9.96. The fourth-order valence-corrected chi connectivity index (χ4v) is 5.88. The first-order valence-corrected chi connectivity index (χ1v) is 14.1. The minimum atomic E-state index is -0.161. The summed E-state index contributed by atoms with van der Waals surface area (Å²) in [6.07, 6.45) is 2.06. The molecule has 2 atom stereocenters. The van der Waals surface area contributed by atoms with Crippen LogP contribution in [0.2, 0.25) is 0 Å². The second-order valence-corrected chi connectivity index (χ2v) is 10.8. The predicted molar refractivity (Wildman–Crippen MR) is 168 cm³/mol. The largest absolute Gasteiger partial charge is 0.495 e. The first-order valence-electron chi connectivity index (χ1n) is 13.7. The molecule has 0 bridgehead atoms. The van der Waals surface area contributed by atoms with Gasteiger partial charge in [0.05, 0.1) is 30.6 Å². The number of aryl methyl sites for hydroxylation is 1. The Kier molecular flexibility index (Phi) is 8.26. The Bertz CT molecular complexity index is 1530. The van der Waals surface area contributed by atoms with Gasteiger partial charge in [-0.3, -0.25) is 9.78 Å². The first-order chi connectivity index (χ1) is 19.8. The third kappa shape index (κ3) is 5.76. The smallest absolute Gasteiger partial charge is 0.226 e. The molecule has 0 unspecified atom stereocenters. The van der Waals surface area contributed by atoms with Gasteiger partial charge in [0.2, 0.25) is 5.91 Å². The van der Waals surface area contributed by atoms with Crippen LogP contribution in [0, 0.1) is 13.8 Å². The van der Waals surface area contributed by atoms with Gasteiger partial charge in [0.1, 0.15) is 5.75 Å². The highest BCUT2D eigenvalue weighted by atomic mass is 32.1. The molecule has 1 saturated heterocycles. The summed E-state index contributed by atoms with van der Waals surface area (Å²) in [4.78, 5) is 21.9. The van der Waals surface area contributed by atoms with Gasteiger partial charge in [0, 0.05) is 56.0 Å². The summed E-state index contributed by atoms with van der Waals surface area (Å²) in [5.74, 6) is 0.516. The number of pyridine rings is 1. The highest BCUT2D eigenvalue weighted by Crippen LogP contribution is 2.41. The van der Waals surface area contributed by atoms with E-state index in [-0.39, 0.29) is 24.4 Å². The standard InChI is InChI=1S/C32H36N6O2S/c1-21-20-25(22(2)38(21)24-15-13-23(14-16-24)36(3)4)31-30(27-11-8-9-18-33-27)35-32(41)37(31)19-17-29(39)34-26-10-6-7-12-28(26)40-5/h6-16,18,20,30-31H,17,19H2,1-5H3,(H,34,39)(H,35,41)/t30-,31+/m0/s1. The molecule has 0 saturated carbocycles. The molecule has 9 heteroatoms. The van der Waals surface area contributed by atoms with Crippen molar-refractivity contribution >= 4 is 34.6 Å². The molecule has 2 aromatic carbocycles. The molecule has 0 spiro atoms. The van der Waals surface area contributed by atoms with Crippen molar-refractivity contribution in [3.63, 3.8) is 0 Å². The maximum atomic E-state index is 13.0. The van der Waals surface area contributed by atoms with Gasteiger partial charge in [-0.25, -0.2) is 0 Å². The zero-order valence-electron chi connectivity index (χ0n) is 24.1. The minimum Gasteiger partial charge on any atom is -0.495 e. The number of aromatic nitrogens is 2. The number of hydrogen-bond donors (Lipinski definition) is 2. The highest BCUT2D eigenvalue weighted by molar-refractivity contribution is 7.80. The predicted octanol–water partition coefficient (Wildman–Crippen LogP) is 5.57. The van der Waals surface area contributed by atoms with Gasteiger partial charge in [-0.05, 0) is 86.2 Å². The van der Waals surface area contributed by atoms with Gasteiger partial charge in [0.25, 0.3) is 0 Å². The Morgan fingerprint density at radius 2 is 1.80 bits per heavy atom. The lowest BCUT2D eigenvalue weighted by molar-refractivity contribution is -0.116. The van der Waals surface area contributed by atoms with E-state index in [9.17, 15) is 4.79 Å². The second-order valence-electron chi connectivity index (χ2n) is 10.4. The number of nitrogens with zero attached hydrogens (tertiary/aromatic N) is 4. The van der Waals surface area contributed by atoms with E-state index in [4.69, 9.17) is 17.0 Å². The number of amides is 1. The third-order valence-electron chi connectivity index (χ3n) is 7.57. The Morgan fingerprint density at radius 3 is 2.49 bits per heavy atom. The first kappa shape index (κ1) is 28.2. The fourth-order valence-electron chi connectivity index (χ4n) is 5.55. The van der Waals surface area contributed by atoms with Gasteiger partial charge in [-0.1, -0.05) is 18.2 Å².